The molecule has 0 fully saturated rings. The van der Waals surface area contributed by atoms with Gasteiger partial charge in [-0.15, -0.1) is 25.7 Å². The molecule has 12 heteroatoms. The summed E-state index contributed by atoms with van der Waals surface area (Å²) in [5, 5.41) is 2.93. The molecule has 0 atom stereocenters. The zero-order valence-corrected chi connectivity index (χ0v) is 29.4. The molecule has 0 unspecified atom stereocenters. The van der Waals surface area contributed by atoms with Gasteiger partial charge in [-0.3, -0.25) is 0 Å². The van der Waals surface area contributed by atoms with Gasteiger partial charge in [-0.05, 0) is 72.8 Å². The molecule has 7 aromatic rings. The lowest BCUT2D eigenvalue weighted by molar-refractivity contribution is 0.370. The predicted molar refractivity (Wildman–Crippen MR) is 213 cm³/mol. The van der Waals surface area contributed by atoms with Crippen LogP contribution >= 0.6 is 0 Å². The summed E-state index contributed by atoms with van der Waals surface area (Å²) < 4.78 is 23.2. The van der Waals surface area contributed by atoms with Crippen LogP contribution in [-0.2, 0) is 0 Å². The van der Waals surface area contributed by atoms with Crippen LogP contribution in [0.15, 0.2) is 72.8 Å². The number of ether oxygens (including phenoxy) is 4. The highest BCUT2D eigenvalue weighted by Crippen LogP contribution is 2.40. The highest BCUT2D eigenvalue weighted by Gasteiger charge is 2.24. The minimum absolute atomic E-state index is 0.0929. The van der Waals surface area contributed by atoms with Gasteiger partial charge in [-0.2, -0.15) is 0 Å². The molecule has 266 valence electrons. The standard InChI is InChI=1S/C44H26N8O4/c1-5-17-53-25-9-13-29-33(21-25)41-45-37(29)50-42-35-23-27(55-19-7-3)11-15-31(35)39(47-42)52-44-36-24-28(56-20-8-4)12-16-32(36)40(48-44)51-43-34-22-26(54-18-6-2)10-14-30(34)38(46-43)49-41/h1-4,9-16,21-24H,17-20H2,(H2,45,46,47,48,49,50,51,52). The lowest BCUT2D eigenvalue weighted by Gasteiger charge is -2.05. The number of rotatable bonds is 8. The van der Waals surface area contributed by atoms with E-state index in [1.165, 1.54) is 0 Å². The van der Waals surface area contributed by atoms with E-state index in [-0.39, 0.29) is 26.4 Å². The molecule has 0 saturated carbocycles. The first kappa shape index (κ1) is 33.5. The Morgan fingerprint density at radius 2 is 0.696 bits per heavy atom. The SMILES string of the molecule is C#CCOc1ccc2c(c1)-c1nc-2nc2[nH]c(nc3nc(nc4[nH]c(n1)c1ccc(OCC#C)cc41)-c1ccc(OCC#C)cc1-3)c1ccc(OCC#C)cc21. The highest BCUT2D eigenvalue weighted by molar-refractivity contribution is 6.07. The molecule has 12 nitrogen and oxygen atoms in total. The lowest BCUT2D eigenvalue weighted by atomic mass is 10.1. The number of benzene rings is 4. The average molecular weight is 731 g/mol. The highest BCUT2D eigenvalue weighted by atomic mass is 16.5. The van der Waals surface area contributed by atoms with Crippen LogP contribution in [0.2, 0.25) is 0 Å². The molecule has 0 radical (unpaired) electrons. The Kier molecular flexibility index (Phi) is 8.32. The largest absolute Gasteiger partial charge is 0.481 e. The topological polar surface area (TPSA) is 146 Å². The number of hydrogen-bond donors (Lipinski definition) is 2. The maximum atomic E-state index is 5.80. The Bertz CT molecular complexity index is 2910. The van der Waals surface area contributed by atoms with E-state index in [9.17, 15) is 0 Å². The molecular weight excluding hydrogens is 705 g/mol. The van der Waals surface area contributed by atoms with Crippen molar-refractivity contribution in [2.45, 2.75) is 0 Å². The summed E-state index contributed by atoms with van der Waals surface area (Å²) >= 11 is 0. The second-order valence-corrected chi connectivity index (χ2v) is 12.4. The van der Waals surface area contributed by atoms with Crippen LogP contribution in [0.1, 0.15) is 0 Å². The van der Waals surface area contributed by atoms with Crippen LogP contribution < -0.4 is 18.9 Å². The van der Waals surface area contributed by atoms with E-state index in [0.717, 1.165) is 21.9 Å². The summed E-state index contributed by atoms with van der Waals surface area (Å²) in [6, 6.07) is 22.2. The van der Waals surface area contributed by atoms with E-state index in [1.54, 1.807) is 0 Å². The molecule has 2 aliphatic heterocycles. The van der Waals surface area contributed by atoms with E-state index in [0.29, 0.717) is 90.8 Å². The Hall–Kier alpha value is -8.32. The first-order valence-electron chi connectivity index (χ1n) is 17.2. The molecule has 8 bridgehead atoms. The van der Waals surface area contributed by atoms with Gasteiger partial charge < -0.3 is 28.9 Å². The van der Waals surface area contributed by atoms with Gasteiger partial charge in [0.2, 0.25) is 0 Å². The fourth-order valence-corrected chi connectivity index (χ4v) is 6.57. The lowest BCUT2D eigenvalue weighted by Crippen LogP contribution is -1.94. The zero-order valence-electron chi connectivity index (χ0n) is 29.4. The van der Waals surface area contributed by atoms with Gasteiger partial charge in [-0.1, -0.05) is 23.7 Å². The minimum Gasteiger partial charge on any atom is -0.481 e. The van der Waals surface area contributed by atoms with E-state index in [4.69, 9.17) is 74.5 Å². The third kappa shape index (κ3) is 5.96. The molecular formula is C44H26N8O4. The van der Waals surface area contributed by atoms with Crippen LogP contribution in [0.25, 0.3) is 89.7 Å². The van der Waals surface area contributed by atoms with Gasteiger partial charge in [0.25, 0.3) is 0 Å². The van der Waals surface area contributed by atoms with Gasteiger partial charge in [0.05, 0.1) is 0 Å². The molecule has 56 heavy (non-hydrogen) atoms. The second kappa shape index (κ2) is 13.9. The number of fused-ring (bicyclic) bond motifs is 20. The average Bonchev–Trinajstić information content (AvgIpc) is 3.95. The van der Waals surface area contributed by atoms with Crippen molar-refractivity contribution in [3.63, 3.8) is 0 Å². The van der Waals surface area contributed by atoms with Crippen molar-refractivity contribution in [2.24, 2.45) is 0 Å². The Morgan fingerprint density at radius 1 is 0.375 bits per heavy atom. The van der Waals surface area contributed by atoms with E-state index in [1.807, 2.05) is 72.8 Å². The first-order valence-corrected chi connectivity index (χ1v) is 17.2. The van der Waals surface area contributed by atoms with Crippen molar-refractivity contribution in [3.8, 4) is 118 Å². The van der Waals surface area contributed by atoms with Crippen LogP contribution in [0.4, 0.5) is 0 Å². The minimum atomic E-state index is 0.0929. The van der Waals surface area contributed by atoms with Crippen LogP contribution in [0.3, 0.4) is 0 Å². The number of aromatic nitrogens is 8. The summed E-state index contributed by atoms with van der Waals surface area (Å²) in [6.45, 7) is 0.376. The van der Waals surface area contributed by atoms with Gasteiger partial charge in [-0.25, -0.2) is 29.9 Å². The van der Waals surface area contributed by atoms with Crippen molar-refractivity contribution in [2.75, 3.05) is 26.4 Å². The molecule has 2 aliphatic rings. The summed E-state index contributed by atoms with van der Waals surface area (Å²) in [6.07, 6.45) is 22.0. The fourth-order valence-electron chi connectivity index (χ4n) is 6.57. The fraction of sp³-hybridized carbons (Fsp3) is 0.0909. The Morgan fingerprint density at radius 3 is 1.07 bits per heavy atom. The second-order valence-electron chi connectivity index (χ2n) is 12.4. The molecule has 0 aliphatic carbocycles. The van der Waals surface area contributed by atoms with Crippen LogP contribution in [0.5, 0.6) is 23.0 Å². The number of nitrogens with zero attached hydrogens (tertiary/aromatic N) is 6. The summed E-state index contributed by atoms with van der Waals surface area (Å²) in [5.41, 5.74) is 4.75. The monoisotopic (exact) mass is 730 g/mol. The molecule has 3 aromatic heterocycles. The zero-order chi connectivity index (χ0) is 38.2. The van der Waals surface area contributed by atoms with Crippen molar-refractivity contribution in [3.05, 3.63) is 72.8 Å². The van der Waals surface area contributed by atoms with Crippen molar-refractivity contribution >= 4 is 44.1 Å². The molecule has 0 spiro atoms. The third-order valence-electron chi connectivity index (χ3n) is 9.00. The number of terminal acetylenes is 4. The molecule has 2 N–H and O–H groups in total. The van der Waals surface area contributed by atoms with E-state index < -0.39 is 0 Å². The van der Waals surface area contributed by atoms with Crippen molar-refractivity contribution < 1.29 is 18.9 Å². The molecule has 9 rings (SSSR count). The quantitative estimate of drug-likeness (QED) is 0.158. The van der Waals surface area contributed by atoms with Crippen molar-refractivity contribution in [1.29, 1.82) is 0 Å². The summed E-state index contributed by atoms with van der Waals surface area (Å²) in [7, 11) is 0. The van der Waals surface area contributed by atoms with Gasteiger partial charge in [0.1, 0.15) is 72.0 Å². The van der Waals surface area contributed by atoms with E-state index in [2.05, 4.69) is 33.6 Å². The van der Waals surface area contributed by atoms with Gasteiger partial charge in [0.15, 0.2) is 23.3 Å². The van der Waals surface area contributed by atoms with Gasteiger partial charge >= 0.3 is 0 Å². The van der Waals surface area contributed by atoms with Crippen molar-refractivity contribution in [1.82, 2.24) is 39.9 Å². The first-order chi connectivity index (χ1) is 27.5. The molecule has 0 saturated heterocycles. The summed E-state index contributed by atoms with van der Waals surface area (Å²) in [4.78, 5) is 37.1. The molecule has 0 amide bonds. The Labute approximate surface area is 319 Å². The Balaban J connectivity index is 1.40. The van der Waals surface area contributed by atoms with Gasteiger partial charge in [0, 0.05) is 43.8 Å². The number of hydrogen-bond acceptors (Lipinski definition) is 10. The third-order valence-corrected chi connectivity index (χ3v) is 9.00. The summed E-state index contributed by atoms with van der Waals surface area (Å²) in [5.74, 6) is 13.8. The van der Waals surface area contributed by atoms with E-state index >= 15 is 0 Å². The number of aromatic amines is 2. The van der Waals surface area contributed by atoms with Crippen LogP contribution in [-0.4, -0.2) is 66.3 Å². The van der Waals surface area contributed by atoms with Crippen LogP contribution in [0, 0.1) is 49.4 Å². The molecule has 5 heterocycles. The maximum absolute atomic E-state index is 5.80. The smallest absolute Gasteiger partial charge is 0.164 e. The number of H-pyrrole nitrogens is 2. The molecule has 4 aromatic carbocycles. The normalized spacial score (nSPS) is 11.1. The number of nitrogens with one attached hydrogen (secondary N) is 2. The predicted octanol–water partition coefficient (Wildman–Crippen LogP) is 6.92. The maximum Gasteiger partial charge on any atom is 0.164 e.